The molecule has 1 aromatic rings. The summed E-state index contributed by atoms with van der Waals surface area (Å²) >= 11 is 0. The first kappa shape index (κ1) is 22.5. The number of nitrogen functional groups attached to an aromatic ring is 1. The Balaban J connectivity index is 0.00000156. The Morgan fingerprint density at radius 1 is 1.04 bits per heavy atom. The number of ether oxygens (including phenoxy) is 1. The molecule has 0 aliphatic carbocycles. The molecule has 3 rings (SSSR count). The number of benzene rings is 1. The molecular weight excluding hydrogens is 357 g/mol. The minimum Gasteiger partial charge on any atom is -0.399 e. The summed E-state index contributed by atoms with van der Waals surface area (Å²) in [5.41, 5.74) is 8.08. The molecule has 6 heteroatoms. The summed E-state index contributed by atoms with van der Waals surface area (Å²) < 4.78 is 5.84. The molecule has 2 aliphatic rings. The third-order valence-corrected chi connectivity index (χ3v) is 5.08. The third kappa shape index (κ3) is 6.95. The predicted molar refractivity (Wildman–Crippen MR) is 110 cm³/mol. The quantitative estimate of drug-likeness (QED) is 0.800. The normalized spacial score (nSPS) is 25.8. The molecule has 0 radical (unpaired) electrons. The van der Waals surface area contributed by atoms with Crippen LogP contribution in [0.2, 0.25) is 0 Å². The van der Waals surface area contributed by atoms with Crippen LogP contribution in [0.4, 0.5) is 5.69 Å². The minimum atomic E-state index is 0. The highest BCUT2D eigenvalue weighted by Gasteiger charge is 2.26. The molecule has 0 amide bonds. The molecular formula is C19H33Cl2N3O. The topological polar surface area (TPSA) is 41.7 Å². The molecule has 4 nitrogen and oxygen atoms in total. The van der Waals surface area contributed by atoms with Gasteiger partial charge in [-0.25, -0.2) is 0 Å². The Bertz CT molecular complexity index is 499. The molecule has 0 bridgehead atoms. The first-order valence-electron chi connectivity index (χ1n) is 9.03. The number of morpholine rings is 1. The molecule has 25 heavy (non-hydrogen) atoms. The Morgan fingerprint density at radius 3 is 2.28 bits per heavy atom. The number of nitrogens with zero attached hydrogens (tertiary/aromatic N) is 2. The highest BCUT2D eigenvalue weighted by molar-refractivity contribution is 5.85. The van der Waals surface area contributed by atoms with Gasteiger partial charge in [-0.15, -0.1) is 24.8 Å². The summed E-state index contributed by atoms with van der Waals surface area (Å²) in [6.07, 6.45) is 3.37. The van der Waals surface area contributed by atoms with Gasteiger partial charge in [0, 0.05) is 31.9 Å². The zero-order valence-electron chi connectivity index (χ0n) is 15.4. The van der Waals surface area contributed by atoms with E-state index in [-0.39, 0.29) is 24.8 Å². The van der Waals surface area contributed by atoms with E-state index in [0.29, 0.717) is 12.2 Å². The molecule has 1 aromatic carbocycles. The zero-order valence-corrected chi connectivity index (χ0v) is 17.0. The van der Waals surface area contributed by atoms with E-state index in [4.69, 9.17) is 10.5 Å². The first-order valence-corrected chi connectivity index (χ1v) is 9.03. The molecule has 0 saturated carbocycles. The smallest absolute Gasteiger partial charge is 0.0678 e. The van der Waals surface area contributed by atoms with Crippen molar-refractivity contribution in [3.63, 3.8) is 0 Å². The summed E-state index contributed by atoms with van der Waals surface area (Å²) in [5.74, 6) is 0.838. The van der Waals surface area contributed by atoms with E-state index in [9.17, 15) is 0 Å². The van der Waals surface area contributed by atoms with E-state index < -0.39 is 0 Å². The van der Waals surface area contributed by atoms with Crippen LogP contribution in [0.1, 0.15) is 32.3 Å². The average molecular weight is 390 g/mol. The monoisotopic (exact) mass is 389 g/mol. The van der Waals surface area contributed by atoms with E-state index in [0.717, 1.165) is 31.2 Å². The van der Waals surface area contributed by atoms with Gasteiger partial charge in [0.25, 0.3) is 0 Å². The molecule has 2 N–H and O–H groups in total. The fourth-order valence-corrected chi connectivity index (χ4v) is 4.08. The average Bonchev–Trinajstić information content (AvgIpc) is 2.48. The number of anilines is 1. The molecule has 2 atom stereocenters. The lowest BCUT2D eigenvalue weighted by molar-refractivity contribution is -0.0732. The van der Waals surface area contributed by atoms with E-state index in [1.54, 1.807) is 0 Å². The number of piperidine rings is 1. The van der Waals surface area contributed by atoms with Crippen molar-refractivity contribution < 1.29 is 4.74 Å². The number of nitrogens with two attached hydrogens (primary N) is 1. The number of hydrogen-bond acceptors (Lipinski definition) is 4. The van der Waals surface area contributed by atoms with Crippen LogP contribution in [0, 0.1) is 5.92 Å². The number of halogens is 2. The van der Waals surface area contributed by atoms with Crippen molar-refractivity contribution in [3.8, 4) is 0 Å². The van der Waals surface area contributed by atoms with Crippen LogP contribution in [0.3, 0.4) is 0 Å². The Morgan fingerprint density at radius 2 is 1.68 bits per heavy atom. The lowest BCUT2D eigenvalue weighted by Crippen LogP contribution is -2.48. The van der Waals surface area contributed by atoms with Gasteiger partial charge in [-0.3, -0.25) is 9.80 Å². The standard InChI is InChI=1S/C19H31N3O.2ClH/c1-15-11-22(12-16(2)23-15)13-17-6-8-21(9-7-17)14-18-4-3-5-19(20)10-18;;/h3-5,10,15-17H,6-9,11-14,20H2,1-2H3;2*1H. The second-order valence-electron chi connectivity index (χ2n) is 7.44. The van der Waals surface area contributed by atoms with Gasteiger partial charge in [-0.1, -0.05) is 12.1 Å². The minimum absolute atomic E-state index is 0. The van der Waals surface area contributed by atoms with Gasteiger partial charge in [-0.2, -0.15) is 0 Å². The van der Waals surface area contributed by atoms with Crippen LogP contribution < -0.4 is 5.73 Å². The summed E-state index contributed by atoms with van der Waals surface area (Å²) in [4.78, 5) is 5.17. The summed E-state index contributed by atoms with van der Waals surface area (Å²) in [7, 11) is 0. The maximum Gasteiger partial charge on any atom is 0.0678 e. The maximum atomic E-state index is 5.88. The van der Waals surface area contributed by atoms with Gasteiger partial charge in [0.1, 0.15) is 0 Å². The molecule has 2 unspecified atom stereocenters. The number of hydrogen-bond donors (Lipinski definition) is 1. The number of likely N-dealkylation sites (tertiary alicyclic amines) is 1. The SMILES string of the molecule is CC1CN(CC2CCN(Cc3cccc(N)c3)CC2)CC(C)O1.Cl.Cl. The number of rotatable bonds is 4. The summed E-state index contributed by atoms with van der Waals surface area (Å²) in [6, 6.07) is 8.29. The van der Waals surface area contributed by atoms with Gasteiger partial charge < -0.3 is 10.5 Å². The van der Waals surface area contributed by atoms with Crippen molar-refractivity contribution in [2.24, 2.45) is 5.92 Å². The Kier molecular flexibility index (Phi) is 9.54. The molecule has 2 aliphatic heterocycles. The van der Waals surface area contributed by atoms with Crippen molar-refractivity contribution in [1.82, 2.24) is 9.80 Å². The fourth-order valence-electron chi connectivity index (χ4n) is 4.08. The van der Waals surface area contributed by atoms with Crippen LogP contribution in [-0.4, -0.2) is 54.7 Å². The molecule has 2 saturated heterocycles. The summed E-state index contributed by atoms with van der Waals surface area (Å²) in [5, 5.41) is 0. The van der Waals surface area contributed by atoms with Crippen molar-refractivity contribution in [2.75, 3.05) is 38.5 Å². The highest BCUT2D eigenvalue weighted by atomic mass is 35.5. The van der Waals surface area contributed by atoms with Crippen LogP contribution in [0.25, 0.3) is 0 Å². The van der Waals surface area contributed by atoms with Gasteiger partial charge in [0.2, 0.25) is 0 Å². The van der Waals surface area contributed by atoms with Gasteiger partial charge >= 0.3 is 0 Å². The van der Waals surface area contributed by atoms with E-state index in [1.807, 2.05) is 6.07 Å². The van der Waals surface area contributed by atoms with Gasteiger partial charge in [-0.05, 0) is 63.4 Å². The Labute approximate surface area is 164 Å². The highest BCUT2D eigenvalue weighted by Crippen LogP contribution is 2.22. The zero-order chi connectivity index (χ0) is 16.2. The van der Waals surface area contributed by atoms with Gasteiger partial charge in [0.05, 0.1) is 12.2 Å². The van der Waals surface area contributed by atoms with Crippen LogP contribution >= 0.6 is 24.8 Å². The molecule has 2 fully saturated rings. The van der Waals surface area contributed by atoms with E-state index in [2.05, 4.69) is 41.8 Å². The first-order chi connectivity index (χ1) is 11.1. The predicted octanol–water partition coefficient (Wildman–Crippen LogP) is 3.43. The van der Waals surface area contributed by atoms with Crippen LogP contribution in [0.5, 0.6) is 0 Å². The summed E-state index contributed by atoms with van der Waals surface area (Å²) in [6.45, 7) is 11.2. The largest absolute Gasteiger partial charge is 0.399 e. The second kappa shape index (κ2) is 10.6. The van der Waals surface area contributed by atoms with Crippen molar-refractivity contribution in [3.05, 3.63) is 29.8 Å². The van der Waals surface area contributed by atoms with Crippen molar-refractivity contribution >= 4 is 30.5 Å². The maximum absolute atomic E-state index is 5.88. The Hall–Kier alpha value is -0.520. The molecule has 0 aromatic heterocycles. The van der Waals surface area contributed by atoms with E-state index >= 15 is 0 Å². The molecule has 0 spiro atoms. The van der Waals surface area contributed by atoms with Crippen LogP contribution in [-0.2, 0) is 11.3 Å². The lowest BCUT2D eigenvalue weighted by atomic mass is 9.95. The van der Waals surface area contributed by atoms with Crippen molar-refractivity contribution in [2.45, 2.75) is 45.4 Å². The fraction of sp³-hybridized carbons (Fsp3) is 0.684. The lowest BCUT2D eigenvalue weighted by Gasteiger charge is -2.39. The third-order valence-electron chi connectivity index (χ3n) is 5.08. The van der Waals surface area contributed by atoms with Gasteiger partial charge in [0.15, 0.2) is 0 Å². The van der Waals surface area contributed by atoms with Crippen molar-refractivity contribution in [1.29, 1.82) is 0 Å². The van der Waals surface area contributed by atoms with E-state index in [1.165, 1.54) is 38.0 Å². The van der Waals surface area contributed by atoms with Crippen LogP contribution in [0.15, 0.2) is 24.3 Å². The molecule has 144 valence electrons. The second-order valence-corrected chi connectivity index (χ2v) is 7.44. The molecule has 2 heterocycles.